The van der Waals surface area contributed by atoms with Crippen molar-refractivity contribution >= 4 is 32.7 Å². The Morgan fingerprint density at radius 2 is 0.729 bits per heavy atom. The van der Waals surface area contributed by atoms with E-state index in [2.05, 4.69) is 194 Å². The second-order valence-corrected chi connectivity index (χ2v) is 14.8. The zero-order chi connectivity index (χ0) is 39.1. The summed E-state index contributed by atoms with van der Waals surface area (Å²) in [6.45, 7) is 0. The van der Waals surface area contributed by atoms with E-state index < -0.39 is 0 Å². The zero-order valence-electron chi connectivity index (χ0n) is 32.0. The summed E-state index contributed by atoms with van der Waals surface area (Å²) in [5, 5.41) is 4.52. The number of benzene rings is 9. The Morgan fingerprint density at radius 3 is 1.41 bits per heavy atom. The highest BCUT2D eigenvalue weighted by Crippen LogP contribution is 2.40. The zero-order valence-corrected chi connectivity index (χ0v) is 32.0. The first-order chi connectivity index (χ1) is 29.2. The van der Waals surface area contributed by atoms with Gasteiger partial charge in [-0.1, -0.05) is 176 Å². The van der Waals surface area contributed by atoms with Gasteiger partial charge in [0.15, 0.2) is 17.5 Å². The van der Waals surface area contributed by atoms with Gasteiger partial charge in [0, 0.05) is 27.5 Å². The van der Waals surface area contributed by atoms with Crippen molar-refractivity contribution in [1.29, 1.82) is 0 Å². The first-order valence-electron chi connectivity index (χ1n) is 19.8. The van der Waals surface area contributed by atoms with E-state index in [1.807, 2.05) is 18.2 Å². The molecule has 0 unspecified atom stereocenters. The number of nitrogens with zero attached hydrogens (tertiary/aromatic N) is 3. The van der Waals surface area contributed by atoms with Crippen molar-refractivity contribution in [3.63, 3.8) is 0 Å². The van der Waals surface area contributed by atoms with Crippen LogP contribution >= 0.6 is 0 Å². The molecule has 0 fully saturated rings. The van der Waals surface area contributed by atoms with Crippen molar-refractivity contribution in [3.8, 4) is 78.7 Å². The SMILES string of the molecule is c1ccc(-c2cccc(-c3nc(-c4cccc(-c5cccc6ccccc56)c4)nc(-c4ccc5c(c4)oc4cccc(-c6cccc(-c7ccccc7)c6)c45)n3)c2)cc1. The highest BCUT2D eigenvalue weighted by atomic mass is 16.3. The molecule has 0 radical (unpaired) electrons. The maximum atomic E-state index is 6.61. The lowest BCUT2D eigenvalue weighted by Crippen LogP contribution is -2.00. The molecule has 0 spiro atoms. The third-order valence-corrected chi connectivity index (χ3v) is 11.1. The van der Waals surface area contributed by atoms with Gasteiger partial charge in [0.05, 0.1) is 0 Å². The van der Waals surface area contributed by atoms with Crippen LogP contribution < -0.4 is 0 Å². The molecule has 9 aromatic carbocycles. The van der Waals surface area contributed by atoms with E-state index >= 15 is 0 Å². The Kier molecular flexibility index (Phi) is 8.45. The summed E-state index contributed by atoms with van der Waals surface area (Å²) in [6, 6.07) is 74.0. The van der Waals surface area contributed by atoms with Crippen LogP contribution in [0.2, 0.25) is 0 Å². The van der Waals surface area contributed by atoms with Crippen molar-refractivity contribution in [2.24, 2.45) is 0 Å². The van der Waals surface area contributed by atoms with Gasteiger partial charge < -0.3 is 4.42 Å². The summed E-state index contributed by atoms with van der Waals surface area (Å²) in [4.78, 5) is 15.5. The molecule has 4 heteroatoms. The van der Waals surface area contributed by atoms with Crippen molar-refractivity contribution in [2.75, 3.05) is 0 Å². The van der Waals surface area contributed by atoms with Gasteiger partial charge in [-0.15, -0.1) is 0 Å². The molecule has 2 heterocycles. The summed E-state index contributed by atoms with van der Waals surface area (Å²) in [5.74, 6) is 1.77. The second-order valence-electron chi connectivity index (χ2n) is 14.8. The third kappa shape index (κ3) is 6.43. The van der Waals surface area contributed by atoms with E-state index in [1.54, 1.807) is 0 Å². The minimum atomic E-state index is 0.573. The van der Waals surface area contributed by atoms with Crippen LogP contribution in [0.5, 0.6) is 0 Å². The summed E-state index contributed by atoms with van der Waals surface area (Å²) in [7, 11) is 0. The molecule has 276 valence electrons. The highest BCUT2D eigenvalue weighted by molar-refractivity contribution is 6.13. The first-order valence-corrected chi connectivity index (χ1v) is 19.8. The van der Waals surface area contributed by atoms with Crippen molar-refractivity contribution < 1.29 is 4.42 Å². The van der Waals surface area contributed by atoms with Crippen LogP contribution in [0.1, 0.15) is 0 Å². The first kappa shape index (κ1) is 34.3. The van der Waals surface area contributed by atoms with E-state index in [0.717, 1.165) is 72.0 Å². The van der Waals surface area contributed by atoms with E-state index in [0.29, 0.717) is 17.5 Å². The Balaban J connectivity index is 1.05. The normalized spacial score (nSPS) is 11.4. The van der Waals surface area contributed by atoms with E-state index in [9.17, 15) is 0 Å². The Hall–Kier alpha value is -7.95. The minimum absolute atomic E-state index is 0.573. The van der Waals surface area contributed by atoms with Gasteiger partial charge in [0.2, 0.25) is 0 Å². The summed E-state index contributed by atoms with van der Waals surface area (Å²) in [6.07, 6.45) is 0. The molecule has 0 aliphatic carbocycles. The lowest BCUT2D eigenvalue weighted by atomic mass is 9.96. The number of furan rings is 1. The number of rotatable bonds is 7. The van der Waals surface area contributed by atoms with Crippen LogP contribution in [0, 0.1) is 0 Å². The summed E-state index contributed by atoms with van der Waals surface area (Å²) < 4.78 is 6.61. The Labute approximate surface area is 341 Å². The van der Waals surface area contributed by atoms with Gasteiger partial charge in [-0.05, 0) is 91.7 Å². The molecule has 0 aliphatic heterocycles. The monoisotopic (exact) mass is 753 g/mol. The molecule has 0 atom stereocenters. The van der Waals surface area contributed by atoms with Crippen LogP contribution in [0.3, 0.4) is 0 Å². The largest absolute Gasteiger partial charge is 0.456 e. The highest BCUT2D eigenvalue weighted by Gasteiger charge is 2.18. The summed E-state index contributed by atoms with van der Waals surface area (Å²) >= 11 is 0. The topological polar surface area (TPSA) is 51.8 Å². The maximum Gasteiger partial charge on any atom is 0.164 e. The van der Waals surface area contributed by atoms with Crippen molar-refractivity contribution in [3.05, 3.63) is 212 Å². The second kappa shape index (κ2) is 14.5. The molecule has 0 aliphatic rings. The predicted octanol–water partition coefficient (Wildman–Crippen LogP) is 14.6. The minimum Gasteiger partial charge on any atom is -0.456 e. The molecule has 59 heavy (non-hydrogen) atoms. The van der Waals surface area contributed by atoms with Crippen LogP contribution in [-0.2, 0) is 0 Å². The Bertz CT molecular complexity index is 3330. The molecule has 11 aromatic rings. The molecule has 2 aromatic heterocycles. The fourth-order valence-electron chi connectivity index (χ4n) is 8.24. The van der Waals surface area contributed by atoms with Gasteiger partial charge in [-0.3, -0.25) is 0 Å². The standard InChI is InChI=1S/C55H35N3O/c1-3-14-36(15-4-1)39-20-9-23-42(32-39)48-28-13-29-50-52(48)49-31-30-45(35-51(49)59-50)55-57-53(43-24-10-21-40(33-43)37-16-5-2-6-17-37)56-54(58-55)44-25-11-22-41(34-44)47-27-12-19-38-18-7-8-26-46(38)47/h1-35H. The number of aromatic nitrogens is 3. The molecule has 0 amide bonds. The fourth-order valence-corrected chi connectivity index (χ4v) is 8.24. The molecular weight excluding hydrogens is 719 g/mol. The van der Waals surface area contributed by atoms with Crippen LogP contribution in [0.4, 0.5) is 0 Å². The van der Waals surface area contributed by atoms with E-state index in [-0.39, 0.29) is 0 Å². The lowest BCUT2D eigenvalue weighted by Gasteiger charge is -2.11. The van der Waals surface area contributed by atoms with Gasteiger partial charge in [-0.25, -0.2) is 15.0 Å². The van der Waals surface area contributed by atoms with Crippen LogP contribution in [-0.4, -0.2) is 15.0 Å². The fraction of sp³-hybridized carbons (Fsp3) is 0. The van der Waals surface area contributed by atoms with E-state index in [4.69, 9.17) is 19.4 Å². The van der Waals surface area contributed by atoms with Crippen molar-refractivity contribution in [2.45, 2.75) is 0 Å². The number of hydrogen-bond donors (Lipinski definition) is 0. The molecule has 4 nitrogen and oxygen atoms in total. The smallest absolute Gasteiger partial charge is 0.164 e. The van der Waals surface area contributed by atoms with Gasteiger partial charge in [-0.2, -0.15) is 0 Å². The Morgan fingerprint density at radius 1 is 0.271 bits per heavy atom. The average molecular weight is 754 g/mol. The van der Waals surface area contributed by atoms with Crippen LogP contribution in [0.25, 0.3) is 111 Å². The molecule has 11 rings (SSSR count). The quantitative estimate of drug-likeness (QED) is 0.163. The maximum absolute atomic E-state index is 6.61. The molecule has 0 saturated carbocycles. The number of fused-ring (bicyclic) bond motifs is 4. The lowest BCUT2D eigenvalue weighted by molar-refractivity contribution is 0.669. The number of hydrogen-bond acceptors (Lipinski definition) is 4. The third-order valence-electron chi connectivity index (χ3n) is 11.1. The molecular formula is C55H35N3O. The van der Waals surface area contributed by atoms with Gasteiger partial charge >= 0.3 is 0 Å². The molecule has 0 bridgehead atoms. The predicted molar refractivity (Wildman–Crippen MR) is 243 cm³/mol. The van der Waals surface area contributed by atoms with Gasteiger partial charge in [0.25, 0.3) is 0 Å². The van der Waals surface area contributed by atoms with Crippen LogP contribution in [0.15, 0.2) is 217 Å². The summed E-state index contributed by atoms with van der Waals surface area (Å²) in [5.41, 5.74) is 13.4. The molecule has 0 saturated heterocycles. The van der Waals surface area contributed by atoms with E-state index in [1.165, 1.54) is 21.9 Å². The van der Waals surface area contributed by atoms with Crippen molar-refractivity contribution in [1.82, 2.24) is 15.0 Å². The average Bonchev–Trinajstić information content (AvgIpc) is 3.70. The molecule has 0 N–H and O–H groups in total. The van der Waals surface area contributed by atoms with Gasteiger partial charge in [0.1, 0.15) is 11.2 Å².